The normalized spacial score (nSPS) is 25.6. The molecule has 0 bridgehead atoms. The molecule has 1 aliphatic rings. The third kappa shape index (κ3) is 3.75. The summed E-state index contributed by atoms with van der Waals surface area (Å²) >= 11 is 0. The highest BCUT2D eigenvalue weighted by molar-refractivity contribution is 7.91. The third-order valence-electron chi connectivity index (χ3n) is 2.86. The van der Waals surface area contributed by atoms with E-state index in [0.29, 0.717) is 6.42 Å². The first-order valence-electron chi connectivity index (χ1n) is 5.48. The summed E-state index contributed by atoms with van der Waals surface area (Å²) in [6.07, 6.45) is -0.187. The molecule has 1 rings (SSSR count). The molecule has 1 saturated heterocycles. The largest absolute Gasteiger partial charge is 0.391 e. The first-order valence-corrected chi connectivity index (χ1v) is 7.30. The smallest absolute Gasteiger partial charge is 0.224 e. The van der Waals surface area contributed by atoms with E-state index in [4.69, 9.17) is 0 Å². The molecular weight excluding hydrogens is 230 g/mol. The minimum absolute atomic E-state index is 0.0589. The van der Waals surface area contributed by atoms with Gasteiger partial charge in [-0.05, 0) is 12.3 Å². The Bertz CT molecular complexity index is 350. The number of hydrogen-bond acceptors (Lipinski definition) is 4. The summed E-state index contributed by atoms with van der Waals surface area (Å²) in [5.74, 6) is -0.591. The molecule has 2 unspecified atom stereocenters. The van der Waals surface area contributed by atoms with E-state index in [-0.39, 0.29) is 29.9 Å². The predicted molar refractivity (Wildman–Crippen MR) is 60.6 cm³/mol. The lowest BCUT2D eigenvalue weighted by molar-refractivity contribution is -0.124. The Morgan fingerprint density at radius 2 is 2.12 bits per heavy atom. The molecule has 0 radical (unpaired) electrons. The summed E-state index contributed by atoms with van der Waals surface area (Å²) < 4.78 is 22.3. The standard InChI is InChI=1S/C10H19NO4S/c1-7(2)9(12)5-11-10(13)8-3-4-16(14,15)6-8/h7-9,12H,3-6H2,1-2H3,(H,11,13). The first kappa shape index (κ1) is 13.4. The van der Waals surface area contributed by atoms with Gasteiger partial charge >= 0.3 is 0 Å². The minimum atomic E-state index is -3.02. The molecular formula is C10H19NO4S. The zero-order valence-electron chi connectivity index (χ0n) is 9.64. The molecule has 1 aliphatic heterocycles. The summed E-state index contributed by atoms with van der Waals surface area (Å²) in [6, 6.07) is 0. The van der Waals surface area contributed by atoms with Crippen LogP contribution in [0, 0.1) is 11.8 Å². The summed E-state index contributed by atoms with van der Waals surface area (Å²) in [6.45, 7) is 3.90. The highest BCUT2D eigenvalue weighted by atomic mass is 32.2. The van der Waals surface area contributed by atoms with Gasteiger partial charge in [-0.1, -0.05) is 13.8 Å². The van der Waals surface area contributed by atoms with Crippen LogP contribution in [-0.4, -0.2) is 43.6 Å². The van der Waals surface area contributed by atoms with Gasteiger partial charge in [-0.25, -0.2) is 8.42 Å². The molecule has 0 aliphatic carbocycles. The monoisotopic (exact) mass is 249 g/mol. The maximum absolute atomic E-state index is 11.6. The summed E-state index contributed by atoms with van der Waals surface area (Å²) in [4.78, 5) is 11.6. The summed E-state index contributed by atoms with van der Waals surface area (Å²) in [5.41, 5.74) is 0. The third-order valence-corrected chi connectivity index (χ3v) is 4.63. The van der Waals surface area contributed by atoms with E-state index in [1.165, 1.54) is 0 Å². The second-order valence-corrected chi connectivity index (χ2v) is 6.89. The zero-order chi connectivity index (χ0) is 12.3. The van der Waals surface area contributed by atoms with Crippen molar-refractivity contribution in [1.29, 1.82) is 0 Å². The molecule has 1 heterocycles. The predicted octanol–water partition coefficient (Wildman–Crippen LogP) is -0.446. The number of sulfone groups is 1. The summed E-state index contributed by atoms with van der Waals surface area (Å²) in [5, 5.41) is 12.1. The average molecular weight is 249 g/mol. The average Bonchev–Trinajstić information content (AvgIpc) is 2.54. The van der Waals surface area contributed by atoms with Crippen LogP contribution in [0.15, 0.2) is 0 Å². The van der Waals surface area contributed by atoms with E-state index in [1.54, 1.807) is 0 Å². The van der Waals surface area contributed by atoms with E-state index in [1.807, 2.05) is 13.8 Å². The van der Waals surface area contributed by atoms with Crippen molar-refractivity contribution < 1.29 is 18.3 Å². The van der Waals surface area contributed by atoms with Crippen LogP contribution >= 0.6 is 0 Å². The zero-order valence-corrected chi connectivity index (χ0v) is 10.5. The minimum Gasteiger partial charge on any atom is -0.391 e. The van der Waals surface area contributed by atoms with Gasteiger partial charge < -0.3 is 10.4 Å². The Hall–Kier alpha value is -0.620. The van der Waals surface area contributed by atoms with Crippen molar-refractivity contribution in [3.05, 3.63) is 0 Å². The van der Waals surface area contributed by atoms with E-state index in [0.717, 1.165) is 0 Å². The molecule has 5 nitrogen and oxygen atoms in total. The number of carbonyl (C=O) groups excluding carboxylic acids is 1. The number of amides is 1. The molecule has 0 spiro atoms. The molecule has 1 fully saturated rings. The molecule has 0 aromatic heterocycles. The lowest BCUT2D eigenvalue weighted by Crippen LogP contribution is -2.38. The maximum Gasteiger partial charge on any atom is 0.224 e. The van der Waals surface area contributed by atoms with E-state index >= 15 is 0 Å². The van der Waals surface area contributed by atoms with Crippen LogP contribution in [-0.2, 0) is 14.6 Å². The molecule has 0 aromatic carbocycles. The van der Waals surface area contributed by atoms with Crippen LogP contribution in [0.3, 0.4) is 0 Å². The summed E-state index contributed by atoms with van der Waals surface area (Å²) in [7, 11) is -3.02. The van der Waals surface area contributed by atoms with Gasteiger partial charge in [-0.2, -0.15) is 0 Å². The van der Waals surface area contributed by atoms with Crippen molar-refractivity contribution in [2.75, 3.05) is 18.1 Å². The van der Waals surface area contributed by atoms with Crippen molar-refractivity contribution in [1.82, 2.24) is 5.32 Å². The van der Waals surface area contributed by atoms with Gasteiger partial charge in [0.2, 0.25) is 5.91 Å². The Morgan fingerprint density at radius 3 is 2.56 bits per heavy atom. The highest BCUT2D eigenvalue weighted by Crippen LogP contribution is 2.18. The van der Waals surface area contributed by atoms with Crippen LogP contribution in [0.5, 0.6) is 0 Å². The lowest BCUT2D eigenvalue weighted by Gasteiger charge is -2.16. The topological polar surface area (TPSA) is 83.5 Å². The van der Waals surface area contributed by atoms with Crippen LogP contribution in [0.2, 0.25) is 0 Å². The Balaban J connectivity index is 2.37. The SMILES string of the molecule is CC(C)C(O)CNC(=O)C1CCS(=O)(=O)C1. The lowest BCUT2D eigenvalue weighted by atomic mass is 10.1. The molecule has 16 heavy (non-hydrogen) atoms. The van der Waals surface area contributed by atoms with Gasteiger partial charge in [-0.3, -0.25) is 4.79 Å². The van der Waals surface area contributed by atoms with Gasteiger partial charge in [0.25, 0.3) is 0 Å². The fourth-order valence-electron chi connectivity index (χ4n) is 1.59. The van der Waals surface area contributed by atoms with E-state index in [2.05, 4.69) is 5.32 Å². The maximum atomic E-state index is 11.6. The quantitative estimate of drug-likeness (QED) is 0.707. The highest BCUT2D eigenvalue weighted by Gasteiger charge is 2.32. The Labute approximate surface area is 96.1 Å². The fourth-order valence-corrected chi connectivity index (χ4v) is 3.33. The van der Waals surface area contributed by atoms with Crippen LogP contribution < -0.4 is 5.32 Å². The van der Waals surface area contributed by atoms with Crippen molar-refractivity contribution in [2.24, 2.45) is 11.8 Å². The van der Waals surface area contributed by atoms with Crippen molar-refractivity contribution in [2.45, 2.75) is 26.4 Å². The molecule has 2 N–H and O–H groups in total. The Kier molecular flexibility index (Phi) is 4.32. The van der Waals surface area contributed by atoms with Gasteiger partial charge in [0.1, 0.15) is 0 Å². The molecule has 2 atom stereocenters. The Morgan fingerprint density at radius 1 is 1.50 bits per heavy atom. The number of aliphatic hydroxyl groups excluding tert-OH is 1. The number of carbonyl (C=O) groups is 1. The number of nitrogens with one attached hydrogen (secondary N) is 1. The van der Waals surface area contributed by atoms with Crippen molar-refractivity contribution in [3.8, 4) is 0 Å². The molecule has 1 amide bonds. The molecule has 0 saturated carbocycles. The fraction of sp³-hybridized carbons (Fsp3) is 0.900. The number of hydrogen-bond donors (Lipinski definition) is 2. The van der Waals surface area contributed by atoms with Gasteiger partial charge in [-0.15, -0.1) is 0 Å². The van der Waals surface area contributed by atoms with Crippen LogP contribution in [0.4, 0.5) is 0 Å². The van der Waals surface area contributed by atoms with Crippen molar-refractivity contribution in [3.63, 3.8) is 0 Å². The second kappa shape index (κ2) is 5.14. The molecule has 6 heteroatoms. The first-order chi connectivity index (χ1) is 7.32. The van der Waals surface area contributed by atoms with Gasteiger partial charge in [0.05, 0.1) is 23.5 Å². The molecule has 0 aromatic rings. The van der Waals surface area contributed by atoms with Gasteiger partial charge in [0, 0.05) is 6.54 Å². The molecule has 94 valence electrons. The van der Waals surface area contributed by atoms with Crippen LogP contribution in [0.25, 0.3) is 0 Å². The van der Waals surface area contributed by atoms with E-state index in [9.17, 15) is 18.3 Å². The number of aliphatic hydroxyl groups is 1. The second-order valence-electron chi connectivity index (χ2n) is 4.66. The van der Waals surface area contributed by atoms with Crippen LogP contribution in [0.1, 0.15) is 20.3 Å². The van der Waals surface area contributed by atoms with Gasteiger partial charge in [0.15, 0.2) is 9.84 Å². The number of rotatable bonds is 4. The van der Waals surface area contributed by atoms with Crippen molar-refractivity contribution >= 4 is 15.7 Å². The van der Waals surface area contributed by atoms with E-state index < -0.39 is 21.9 Å².